The number of thioether (sulfide) groups is 1. The highest BCUT2D eigenvalue weighted by atomic mass is 32.2. The molecule has 1 aliphatic rings. The SMILES string of the molecule is CSc1nnc2c(n1)O[C@@H](C(=O)c1ccccc1)Nc1ccccc1-2. The summed E-state index contributed by atoms with van der Waals surface area (Å²) in [6.07, 6.45) is 0.968. The van der Waals surface area contributed by atoms with Crippen molar-refractivity contribution in [3.63, 3.8) is 0 Å². The average Bonchev–Trinajstić information content (AvgIpc) is 2.84. The van der Waals surface area contributed by atoms with Crippen LogP contribution in [0.4, 0.5) is 5.69 Å². The van der Waals surface area contributed by atoms with Gasteiger partial charge in [0.25, 0.3) is 0 Å². The first-order valence-corrected chi connectivity index (χ1v) is 8.89. The number of nitrogens with zero attached hydrogens (tertiary/aromatic N) is 3. The smallest absolute Gasteiger partial charge is 0.247 e. The van der Waals surface area contributed by atoms with Crippen molar-refractivity contribution in [2.45, 2.75) is 11.4 Å². The molecule has 0 bridgehead atoms. The summed E-state index contributed by atoms with van der Waals surface area (Å²) in [6.45, 7) is 0. The summed E-state index contributed by atoms with van der Waals surface area (Å²) in [5.74, 6) is 0.124. The summed E-state index contributed by atoms with van der Waals surface area (Å²) in [5.41, 5.74) is 2.63. The van der Waals surface area contributed by atoms with Crippen LogP contribution in [0, 0.1) is 0 Å². The topological polar surface area (TPSA) is 77.0 Å². The Bertz CT molecular complexity index is 933. The van der Waals surface area contributed by atoms with Crippen LogP contribution in [0.5, 0.6) is 5.88 Å². The molecule has 0 saturated carbocycles. The Morgan fingerprint density at radius 1 is 1.08 bits per heavy atom. The van der Waals surface area contributed by atoms with Gasteiger partial charge in [0.05, 0.1) is 0 Å². The average molecular weight is 350 g/mol. The minimum Gasteiger partial charge on any atom is -0.444 e. The highest BCUT2D eigenvalue weighted by Crippen LogP contribution is 2.36. The maximum atomic E-state index is 12.9. The molecule has 0 spiro atoms. The van der Waals surface area contributed by atoms with Crippen LogP contribution in [0.3, 0.4) is 0 Å². The lowest BCUT2D eigenvalue weighted by molar-refractivity contribution is 0.0823. The first-order chi connectivity index (χ1) is 12.3. The normalized spacial score (nSPS) is 15.2. The van der Waals surface area contributed by atoms with E-state index in [1.807, 2.05) is 48.7 Å². The molecule has 0 saturated heterocycles. The van der Waals surface area contributed by atoms with Crippen molar-refractivity contribution >= 4 is 23.2 Å². The maximum absolute atomic E-state index is 12.9. The minimum atomic E-state index is -0.892. The Kier molecular flexibility index (Phi) is 4.07. The fraction of sp³-hybridized carbons (Fsp3) is 0.111. The van der Waals surface area contributed by atoms with Crippen molar-refractivity contribution in [2.24, 2.45) is 0 Å². The van der Waals surface area contributed by atoms with Crippen LogP contribution in [0.15, 0.2) is 59.8 Å². The van der Waals surface area contributed by atoms with Gasteiger partial charge in [-0.05, 0) is 12.3 Å². The fourth-order valence-electron chi connectivity index (χ4n) is 2.61. The molecular weight excluding hydrogens is 336 g/mol. The molecule has 0 unspecified atom stereocenters. The standard InChI is InChI=1S/C18H14N4O2S/c1-25-18-20-16-14(21-22-18)12-9-5-6-10-13(12)19-17(24-16)15(23)11-7-3-2-4-8-11/h2-10,17,19H,1H3/t17-/m0/s1. The predicted molar refractivity (Wildman–Crippen MR) is 95.9 cm³/mol. The number of hydrogen-bond donors (Lipinski definition) is 1. The van der Waals surface area contributed by atoms with Crippen LogP contribution in [0.1, 0.15) is 10.4 Å². The lowest BCUT2D eigenvalue weighted by Crippen LogP contribution is -2.35. The molecular formula is C18H14N4O2S. The van der Waals surface area contributed by atoms with E-state index in [0.29, 0.717) is 22.3 Å². The molecule has 0 fully saturated rings. The van der Waals surface area contributed by atoms with Gasteiger partial charge in [0.2, 0.25) is 23.0 Å². The zero-order valence-electron chi connectivity index (χ0n) is 13.3. The van der Waals surface area contributed by atoms with E-state index in [-0.39, 0.29) is 5.78 Å². The third-order valence-corrected chi connectivity index (χ3v) is 4.35. The summed E-state index contributed by atoms with van der Waals surface area (Å²) in [7, 11) is 0. The van der Waals surface area contributed by atoms with E-state index in [9.17, 15) is 4.79 Å². The monoisotopic (exact) mass is 350 g/mol. The van der Waals surface area contributed by atoms with Gasteiger partial charge in [-0.3, -0.25) is 4.79 Å². The van der Waals surface area contributed by atoms with Crippen molar-refractivity contribution in [2.75, 3.05) is 11.6 Å². The maximum Gasteiger partial charge on any atom is 0.247 e. The number of aromatic nitrogens is 3. The van der Waals surface area contributed by atoms with Gasteiger partial charge in [0, 0.05) is 16.8 Å². The summed E-state index contributed by atoms with van der Waals surface area (Å²) >= 11 is 1.37. The molecule has 1 aliphatic heterocycles. The van der Waals surface area contributed by atoms with Crippen LogP contribution in [-0.2, 0) is 0 Å². The third-order valence-electron chi connectivity index (χ3n) is 3.81. The van der Waals surface area contributed by atoms with E-state index < -0.39 is 6.23 Å². The number of anilines is 1. The summed E-state index contributed by atoms with van der Waals surface area (Å²) in [6, 6.07) is 16.6. The largest absolute Gasteiger partial charge is 0.444 e. The molecule has 0 radical (unpaired) electrons. The first kappa shape index (κ1) is 15.6. The van der Waals surface area contributed by atoms with Crippen molar-refractivity contribution in [1.29, 1.82) is 0 Å². The summed E-state index contributed by atoms with van der Waals surface area (Å²) in [5, 5.41) is 12.0. The van der Waals surface area contributed by atoms with Crippen LogP contribution < -0.4 is 10.1 Å². The van der Waals surface area contributed by atoms with Crippen molar-refractivity contribution < 1.29 is 9.53 Å². The second-order valence-corrected chi connectivity index (χ2v) is 6.14. The second kappa shape index (κ2) is 6.52. The Hall–Kier alpha value is -2.93. The number of ketones is 1. The third kappa shape index (κ3) is 2.94. The van der Waals surface area contributed by atoms with Gasteiger partial charge in [-0.25, -0.2) is 0 Å². The number of carbonyl (C=O) groups is 1. The summed E-state index contributed by atoms with van der Waals surface area (Å²) in [4.78, 5) is 17.3. The number of Topliss-reactive ketones (excluding diaryl/α,β-unsaturated/α-hetero) is 1. The number of para-hydroxylation sites is 1. The molecule has 1 atom stereocenters. The highest BCUT2D eigenvalue weighted by Gasteiger charge is 2.29. The minimum absolute atomic E-state index is 0.174. The number of rotatable bonds is 3. The van der Waals surface area contributed by atoms with Gasteiger partial charge in [-0.2, -0.15) is 4.98 Å². The van der Waals surface area contributed by atoms with E-state index in [0.717, 1.165) is 11.3 Å². The quantitative estimate of drug-likeness (QED) is 0.574. The molecule has 2 aromatic carbocycles. The zero-order valence-corrected chi connectivity index (χ0v) is 14.2. The van der Waals surface area contributed by atoms with Crippen molar-refractivity contribution in [3.8, 4) is 17.1 Å². The molecule has 2 heterocycles. The molecule has 3 aromatic rings. The molecule has 0 aliphatic carbocycles. The number of nitrogens with one attached hydrogen (secondary N) is 1. The highest BCUT2D eigenvalue weighted by molar-refractivity contribution is 7.98. The molecule has 124 valence electrons. The summed E-state index contributed by atoms with van der Waals surface area (Å²) < 4.78 is 5.91. The van der Waals surface area contributed by atoms with Gasteiger partial charge < -0.3 is 10.1 Å². The molecule has 7 heteroatoms. The van der Waals surface area contributed by atoms with E-state index >= 15 is 0 Å². The number of ether oxygens (including phenoxy) is 1. The number of hydrogen-bond acceptors (Lipinski definition) is 7. The molecule has 0 amide bonds. The molecule has 4 rings (SSSR count). The Balaban J connectivity index is 1.81. The number of fused-ring (bicyclic) bond motifs is 3. The van der Waals surface area contributed by atoms with E-state index in [1.165, 1.54) is 11.8 Å². The molecule has 1 N–H and O–H groups in total. The second-order valence-electron chi connectivity index (χ2n) is 5.37. The Labute approximate surface area is 148 Å². The number of carbonyl (C=O) groups excluding carboxylic acids is 1. The van der Waals surface area contributed by atoms with Crippen LogP contribution >= 0.6 is 11.8 Å². The zero-order chi connectivity index (χ0) is 17.2. The molecule has 25 heavy (non-hydrogen) atoms. The van der Waals surface area contributed by atoms with Crippen LogP contribution in [-0.4, -0.2) is 33.4 Å². The predicted octanol–water partition coefficient (Wildman–Crippen LogP) is 3.27. The number of benzene rings is 2. The first-order valence-electron chi connectivity index (χ1n) is 7.67. The van der Waals surface area contributed by atoms with Gasteiger partial charge >= 0.3 is 0 Å². The van der Waals surface area contributed by atoms with E-state index in [1.54, 1.807) is 12.1 Å². The van der Waals surface area contributed by atoms with E-state index in [2.05, 4.69) is 20.5 Å². The van der Waals surface area contributed by atoms with Gasteiger partial charge in [-0.1, -0.05) is 60.3 Å². The Morgan fingerprint density at radius 2 is 1.84 bits per heavy atom. The molecule has 6 nitrogen and oxygen atoms in total. The van der Waals surface area contributed by atoms with Crippen molar-refractivity contribution in [1.82, 2.24) is 15.2 Å². The van der Waals surface area contributed by atoms with Gasteiger partial charge in [0.1, 0.15) is 0 Å². The fourth-order valence-corrected chi connectivity index (χ4v) is 2.90. The van der Waals surface area contributed by atoms with Crippen LogP contribution in [0.25, 0.3) is 11.3 Å². The lowest BCUT2D eigenvalue weighted by atomic mass is 10.1. The molecule has 1 aromatic heterocycles. The van der Waals surface area contributed by atoms with E-state index in [4.69, 9.17) is 4.74 Å². The van der Waals surface area contributed by atoms with Crippen molar-refractivity contribution in [3.05, 3.63) is 60.2 Å². The van der Waals surface area contributed by atoms with Gasteiger partial charge in [0.15, 0.2) is 5.69 Å². The van der Waals surface area contributed by atoms with Gasteiger partial charge in [-0.15, -0.1) is 10.2 Å². The lowest BCUT2D eigenvalue weighted by Gasteiger charge is -2.17. The van der Waals surface area contributed by atoms with Crippen LogP contribution in [0.2, 0.25) is 0 Å². The Morgan fingerprint density at radius 3 is 2.64 bits per heavy atom.